The highest BCUT2D eigenvalue weighted by Gasteiger charge is 2.15. The largest absolute Gasteiger partial charge is 0.332 e. The number of hydrogen-bond acceptors (Lipinski definition) is 3. The summed E-state index contributed by atoms with van der Waals surface area (Å²) in [5, 5.41) is 5.89. The average Bonchev–Trinajstić information content (AvgIpc) is 3.29. The van der Waals surface area contributed by atoms with Crippen LogP contribution in [0.25, 0.3) is 33.3 Å². The Morgan fingerprint density at radius 3 is 2.22 bits per heavy atom. The molecule has 5 heteroatoms. The van der Waals surface area contributed by atoms with Gasteiger partial charge < -0.3 is 10.3 Å². The number of nitrogens with zero attached hydrogens (tertiary/aromatic N) is 1. The topological polar surface area (TPSA) is 57.8 Å². The van der Waals surface area contributed by atoms with E-state index in [1.54, 1.807) is 0 Å². The van der Waals surface area contributed by atoms with Gasteiger partial charge in [0.05, 0.1) is 17.1 Å². The van der Waals surface area contributed by atoms with Crippen LogP contribution in [0.3, 0.4) is 0 Å². The third-order valence-electron chi connectivity index (χ3n) is 5.20. The number of hydrogen-bond donors (Lipinski definition) is 2. The van der Waals surface area contributed by atoms with E-state index in [0.717, 1.165) is 44.1 Å². The number of aromatic amines is 1. The Kier molecular flexibility index (Phi) is 5.73. The smallest absolute Gasteiger partial charge is 0.234 e. The third-order valence-corrected chi connectivity index (χ3v) is 6.07. The summed E-state index contributed by atoms with van der Waals surface area (Å²) < 4.78 is 0. The Morgan fingerprint density at radius 2 is 1.44 bits per heavy atom. The van der Waals surface area contributed by atoms with Crippen molar-refractivity contribution in [3.63, 3.8) is 0 Å². The van der Waals surface area contributed by atoms with Crippen LogP contribution in [0.15, 0.2) is 108 Å². The minimum Gasteiger partial charge on any atom is -0.332 e. The lowest BCUT2D eigenvalue weighted by Crippen LogP contribution is -2.14. The van der Waals surface area contributed by atoms with Gasteiger partial charge in [0.2, 0.25) is 5.91 Å². The highest BCUT2D eigenvalue weighted by atomic mass is 32.2. The molecule has 1 amide bonds. The molecule has 4 aromatic carbocycles. The lowest BCUT2D eigenvalue weighted by Gasteiger charge is -2.08. The fraction of sp³-hybridized carbons (Fsp3) is 0.0370. The molecule has 0 radical (unpaired) electrons. The van der Waals surface area contributed by atoms with Crippen LogP contribution >= 0.6 is 11.8 Å². The molecule has 0 aliphatic rings. The second-order valence-corrected chi connectivity index (χ2v) is 8.33. The summed E-state index contributed by atoms with van der Waals surface area (Å²) in [5.74, 6) is 0.199. The molecule has 0 spiro atoms. The molecule has 5 rings (SSSR count). The molecule has 156 valence electrons. The van der Waals surface area contributed by atoms with Crippen molar-refractivity contribution in [1.82, 2.24) is 9.97 Å². The van der Waals surface area contributed by atoms with Gasteiger partial charge in [-0.2, -0.15) is 0 Å². The van der Waals surface area contributed by atoms with Gasteiger partial charge in [0.25, 0.3) is 0 Å². The fourth-order valence-corrected chi connectivity index (χ4v) is 4.36. The molecule has 0 fully saturated rings. The van der Waals surface area contributed by atoms with E-state index in [9.17, 15) is 4.79 Å². The fourth-order valence-electron chi connectivity index (χ4n) is 3.69. The predicted molar refractivity (Wildman–Crippen MR) is 133 cm³/mol. The van der Waals surface area contributed by atoms with E-state index in [0.29, 0.717) is 0 Å². The van der Waals surface area contributed by atoms with E-state index < -0.39 is 0 Å². The van der Waals surface area contributed by atoms with Crippen LogP contribution in [-0.4, -0.2) is 21.6 Å². The maximum absolute atomic E-state index is 12.7. The number of thioether (sulfide) groups is 1. The zero-order valence-corrected chi connectivity index (χ0v) is 18.1. The Labute approximate surface area is 190 Å². The third kappa shape index (κ3) is 4.29. The van der Waals surface area contributed by atoms with Crippen LogP contribution < -0.4 is 5.32 Å². The summed E-state index contributed by atoms with van der Waals surface area (Å²) in [4.78, 5) is 20.9. The molecule has 0 saturated heterocycles. The normalized spacial score (nSPS) is 10.9. The first-order chi connectivity index (χ1) is 15.8. The molecule has 4 nitrogen and oxygen atoms in total. The molecule has 1 aromatic heterocycles. The molecular weight excluding hydrogens is 414 g/mol. The van der Waals surface area contributed by atoms with Gasteiger partial charge in [0, 0.05) is 22.2 Å². The highest BCUT2D eigenvalue weighted by molar-refractivity contribution is 7.99. The Hall–Kier alpha value is -3.83. The Balaban J connectivity index is 1.36. The Morgan fingerprint density at radius 1 is 0.781 bits per heavy atom. The number of carbonyl (C=O) groups is 1. The maximum atomic E-state index is 12.7. The minimum absolute atomic E-state index is 0.0646. The molecule has 2 N–H and O–H groups in total. The number of anilines is 1. The van der Waals surface area contributed by atoms with Gasteiger partial charge in [-0.3, -0.25) is 4.79 Å². The molecule has 0 saturated carbocycles. The second kappa shape index (κ2) is 9.12. The summed E-state index contributed by atoms with van der Waals surface area (Å²) in [6.07, 6.45) is 0. The molecule has 0 atom stereocenters. The number of aromatic nitrogens is 2. The maximum Gasteiger partial charge on any atom is 0.234 e. The first kappa shape index (κ1) is 20.1. The zero-order chi connectivity index (χ0) is 21.8. The van der Waals surface area contributed by atoms with E-state index >= 15 is 0 Å². The number of benzene rings is 4. The molecule has 5 aromatic rings. The van der Waals surface area contributed by atoms with Gasteiger partial charge in [-0.15, -0.1) is 0 Å². The summed E-state index contributed by atoms with van der Waals surface area (Å²) in [5.41, 5.74) is 4.76. The number of nitrogens with one attached hydrogen (secondary N) is 2. The SMILES string of the molecule is O=C(CSc1nc(-c2ccccc2)c(-c2ccccc2)[nH]1)Nc1cccc2ccccc12. The van der Waals surface area contributed by atoms with Crippen LogP contribution in [0.4, 0.5) is 5.69 Å². The number of fused-ring (bicyclic) bond motifs is 1. The quantitative estimate of drug-likeness (QED) is 0.294. The first-order valence-corrected chi connectivity index (χ1v) is 11.4. The van der Waals surface area contributed by atoms with E-state index in [-0.39, 0.29) is 11.7 Å². The van der Waals surface area contributed by atoms with E-state index in [1.165, 1.54) is 11.8 Å². The number of H-pyrrole nitrogens is 1. The van der Waals surface area contributed by atoms with Crippen molar-refractivity contribution < 1.29 is 4.79 Å². The summed E-state index contributed by atoms with van der Waals surface area (Å²) in [6.45, 7) is 0. The van der Waals surface area contributed by atoms with Crippen molar-refractivity contribution in [2.24, 2.45) is 0 Å². The van der Waals surface area contributed by atoms with Crippen molar-refractivity contribution in [1.29, 1.82) is 0 Å². The number of amides is 1. The van der Waals surface area contributed by atoms with Crippen molar-refractivity contribution in [2.75, 3.05) is 11.1 Å². The van der Waals surface area contributed by atoms with Crippen molar-refractivity contribution in [3.8, 4) is 22.5 Å². The second-order valence-electron chi connectivity index (χ2n) is 7.36. The van der Waals surface area contributed by atoms with Gasteiger partial charge in [0.1, 0.15) is 0 Å². The molecule has 0 bridgehead atoms. The number of carbonyl (C=O) groups excluding carboxylic acids is 1. The van der Waals surface area contributed by atoms with Gasteiger partial charge >= 0.3 is 0 Å². The van der Waals surface area contributed by atoms with Crippen molar-refractivity contribution in [2.45, 2.75) is 5.16 Å². The summed E-state index contributed by atoms with van der Waals surface area (Å²) >= 11 is 1.40. The Bertz CT molecular complexity index is 1300. The molecule has 0 aliphatic carbocycles. The minimum atomic E-state index is -0.0646. The van der Waals surface area contributed by atoms with Crippen molar-refractivity contribution >= 4 is 34.1 Å². The summed E-state index contributed by atoms with van der Waals surface area (Å²) in [7, 11) is 0. The lowest BCUT2D eigenvalue weighted by atomic mass is 10.1. The average molecular weight is 436 g/mol. The van der Waals surface area contributed by atoms with Crippen LogP contribution in [-0.2, 0) is 4.79 Å². The number of rotatable bonds is 6. The van der Waals surface area contributed by atoms with Crippen LogP contribution in [0.1, 0.15) is 0 Å². The van der Waals surface area contributed by atoms with Gasteiger partial charge in [-0.05, 0) is 11.5 Å². The first-order valence-electron chi connectivity index (χ1n) is 10.4. The van der Waals surface area contributed by atoms with Gasteiger partial charge in [-0.25, -0.2) is 4.98 Å². The monoisotopic (exact) mass is 435 g/mol. The summed E-state index contributed by atoms with van der Waals surface area (Å²) in [6, 6.07) is 34.2. The van der Waals surface area contributed by atoms with Gasteiger partial charge in [-0.1, -0.05) is 109 Å². The molecule has 0 unspecified atom stereocenters. The van der Waals surface area contributed by atoms with E-state index in [4.69, 9.17) is 4.98 Å². The molecular formula is C27H21N3OS. The zero-order valence-electron chi connectivity index (χ0n) is 17.3. The van der Waals surface area contributed by atoms with Crippen LogP contribution in [0.5, 0.6) is 0 Å². The number of imidazole rings is 1. The predicted octanol–water partition coefficient (Wildman–Crippen LogP) is 6.63. The van der Waals surface area contributed by atoms with E-state index in [2.05, 4.69) is 22.4 Å². The van der Waals surface area contributed by atoms with Crippen LogP contribution in [0, 0.1) is 0 Å². The molecule has 0 aliphatic heterocycles. The standard InChI is InChI=1S/C27H21N3OS/c31-24(28-23-17-9-15-19-10-7-8-16-22(19)23)18-32-27-29-25(20-11-3-1-4-12-20)26(30-27)21-13-5-2-6-14-21/h1-17H,18H2,(H,28,31)(H,29,30). The van der Waals surface area contributed by atoms with Gasteiger partial charge in [0.15, 0.2) is 5.16 Å². The van der Waals surface area contributed by atoms with Crippen molar-refractivity contribution in [3.05, 3.63) is 103 Å². The molecule has 32 heavy (non-hydrogen) atoms. The lowest BCUT2D eigenvalue weighted by molar-refractivity contribution is -0.113. The highest BCUT2D eigenvalue weighted by Crippen LogP contribution is 2.32. The van der Waals surface area contributed by atoms with Crippen LogP contribution in [0.2, 0.25) is 0 Å². The van der Waals surface area contributed by atoms with E-state index in [1.807, 2.05) is 91.0 Å². The molecule has 1 heterocycles.